The van der Waals surface area contributed by atoms with E-state index in [2.05, 4.69) is 32.3 Å². The Morgan fingerprint density at radius 1 is 1.61 bits per heavy atom. The Kier molecular flexibility index (Phi) is 6.69. The number of nitrogens with zero attached hydrogens (tertiary/aromatic N) is 2. The fourth-order valence-electron chi connectivity index (χ4n) is 1.65. The molecule has 1 unspecified atom stereocenters. The molecule has 3 nitrogen and oxygen atoms in total. The van der Waals surface area contributed by atoms with E-state index in [1.165, 1.54) is 0 Å². The highest BCUT2D eigenvalue weighted by molar-refractivity contribution is 9.10. The Balaban J connectivity index is 2.35. The molecule has 0 radical (unpaired) electrons. The maximum absolute atomic E-state index is 9.14. The molecular weight excluding hydrogens is 310 g/mol. The topological polar surface area (TPSA) is 48.7 Å². The van der Waals surface area contributed by atoms with Crippen LogP contribution in [0.15, 0.2) is 27.8 Å². The molecule has 1 N–H and O–H groups in total. The first-order valence-corrected chi connectivity index (χ1v) is 7.79. The van der Waals surface area contributed by atoms with E-state index in [0.29, 0.717) is 0 Å². The summed E-state index contributed by atoms with van der Waals surface area (Å²) >= 11 is 5.20. The summed E-state index contributed by atoms with van der Waals surface area (Å²) in [4.78, 5) is 4.30. The SMILES string of the molecule is CCNC(C)(C#N)CCCSc1ncccc1Br. The van der Waals surface area contributed by atoms with Crippen LogP contribution in [-0.2, 0) is 0 Å². The minimum Gasteiger partial charge on any atom is -0.300 e. The van der Waals surface area contributed by atoms with Crippen LogP contribution in [0.25, 0.3) is 0 Å². The third-order valence-electron chi connectivity index (χ3n) is 2.60. The van der Waals surface area contributed by atoms with E-state index in [4.69, 9.17) is 5.26 Å². The minimum absolute atomic E-state index is 0.406. The number of nitriles is 1. The highest BCUT2D eigenvalue weighted by Crippen LogP contribution is 2.26. The third kappa shape index (κ3) is 4.97. The van der Waals surface area contributed by atoms with Crippen molar-refractivity contribution in [1.29, 1.82) is 5.26 Å². The average Bonchev–Trinajstić information content (AvgIpc) is 2.37. The zero-order chi connectivity index (χ0) is 13.4. The van der Waals surface area contributed by atoms with Crippen LogP contribution in [0, 0.1) is 11.3 Å². The van der Waals surface area contributed by atoms with Gasteiger partial charge in [0.05, 0.1) is 6.07 Å². The number of rotatable bonds is 7. The molecule has 5 heteroatoms. The summed E-state index contributed by atoms with van der Waals surface area (Å²) in [7, 11) is 0. The van der Waals surface area contributed by atoms with Crippen LogP contribution in [0.2, 0.25) is 0 Å². The van der Waals surface area contributed by atoms with Crippen molar-refractivity contribution >= 4 is 27.7 Å². The average molecular weight is 328 g/mol. The van der Waals surface area contributed by atoms with Crippen LogP contribution in [0.1, 0.15) is 26.7 Å². The van der Waals surface area contributed by atoms with Gasteiger partial charge in [0.1, 0.15) is 10.6 Å². The Morgan fingerprint density at radius 2 is 2.39 bits per heavy atom. The molecule has 1 atom stereocenters. The molecule has 0 aliphatic carbocycles. The molecule has 0 aliphatic heterocycles. The molecule has 1 heterocycles. The summed E-state index contributed by atoms with van der Waals surface area (Å²) in [5.41, 5.74) is -0.406. The van der Waals surface area contributed by atoms with E-state index >= 15 is 0 Å². The van der Waals surface area contributed by atoms with Crippen LogP contribution < -0.4 is 5.32 Å². The summed E-state index contributed by atoms with van der Waals surface area (Å²) in [6, 6.07) is 6.25. The van der Waals surface area contributed by atoms with E-state index < -0.39 is 5.54 Å². The van der Waals surface area contributed by atoms with E-state index in [1.54, 1.807) is 18.0 Å². The van der Waals surface area contributed by atoms with Gasteiger partial charge in [0.25, 0.3) is 0 Å². The monoisotopic (exact) mass is 327 g/mol. The van der Waals surface area contributed by atoms with Crippen LogP contribution in [-0.4, -0.2) is 22.8 Å². The number of hydrogen-bond acceptors (Lipinski definition) is 4. The second kappa shape index (κ2) is 7.78. The quantitative estimate of drug-likeness (QED) is 0.614. The first-order chi connectivity index (χ1) is 8.61. The second-order valence-electron chi connectivity index (χ2n) is 4.22. The highest BCUT2D eigenvalue weighted by atomic mass is 79.9. The van der Waals surface area contributed by atoms with E-state index in [0.717, 1.165) is 34.6 Å². The summed E-state index contributed by atoms with van der Waals surface area (Å²) in [6.07, 6.45) is 3.64. The van der Waals surface area contributed by atoms with Crippen LogP contribution in [0.5, 0.6) is 0 Å². The predicted octanol–water partition coefficient (Wildman–Crippen LogP) is 3.61. The second-order valence-corrected chi connectivity index (χ2v) is 6.15. The van der Waals surface area contributed by atoms with Crippen molar-refractivity contribution in [2.24, 2.45) is 0 Å². The van der Waals surface area contributed by atoms with Crippen molar-refractivity contribution in [3.8, 4) is 6.07 Å². The van der Waals surface area contributed by atoms with Gasteiger partial charge in [-0.15, -0.1) is 11.8 Å². The van der Waals surface area contributed by atoms with Crippen LogP contribution >= 0.6 is 27.7 Å². The van der Waals surface area contributed by atoms with Gasteiger partial charge in [-0.3, -0.25) is 5.32 Å². The summed E-state index contributed by atoms with van der Waals surface area (Å²) < 4.78 is 1.03. The van der Waals surface area contributed by atoms with Crippen LogP contribution in [0.3, 0.4) is 0 Å². The van der Waals surface area contributed by atoms with Gasteiger partial charge in [0.15, 0.2) is 0 Å². The maximum atomic E-state index is 9.14. The number of nitrogens with one attached hydrogen (secondary N) is 1. The Labute approximate surface area is 122 Å². The van der Waals surface area contributed by atoms with Gasteiger partial charge in [-0.05, 0) is 60.1 Å². The minimum atomic E-state index is -0.406. The van der Waals surface area contributed by atoms with E-state index in [-0.39, 0.29) is 0 Å². The lowest BCUT2D eigenvalue weighted by Crippen LogP contribution is -2.40. The van der Waals surface area contributed by atoms with E-state index in [1.807, 2.05) is 26.0 Å². The van der Waals surface area contributed by atoms with Gasteiger partial charge in [-0.1, -0.05) is 6.92 Å². The van der Waals surface area contributed by atoms with Gasteiger partial charge < -0.3 is 0 Å². The van der Waals surface area contributed by atoms with E-state index in [9.17, 15) is 0 Å². The lowest BCUT2D eigenvalue weighted by atomic mass is 9.98. The Hall–Kier alpha value is -0.570. The Morgan fingerprint density at radius 3 is 3.00 bits per heavy atom. The first-order valence-electron chi connectivity index (χ1n) is 6.01. The normalized spacial score (nSPS) is 13.9. The lowest BCUT2D eigenvalue weighted by molar-refractivity contribution is 0.426. The summed E-state index contributed by atoms with van der Waals surface area (Å²) in [6.45, 7) is 4.80. The molecule has 0 amide bonds. The molecule has 0 fully saturated rings. The smallest absolute Gasteiger partial charge is 0.110 e. The lowest BCUT2D eigenvalue weighted by Gasteiger charge is -2.22. The molecular formula is C13H18BrN3S. The molecule has 1 aromatic rings. The molecule has 1 rings (SSSR count). The number of pyridine rings is 1. The van der Waals surface area contributed by atoms with Gasteiger partial charge in [-0.2, -0.15) is 5.26 Å². The highest BCUT2D eigenvalue weighted by Gasteiger charge is 2.21. The van der Waals surface area contributed by atoms with Gasteiger partial charge >= 0.3 is 0 Å². The van der Waals surface area contributed by atoms with Crippen molar-refractivity contribution in [1.82, 2.24) is 10.3 Å². The zero-order valence-electron chi connectivity index (χ0n) is 10.7. The first kappa shape index (κ1) is 15.5. The molecule has 1 aromatic heterocycles. The van der Waals surface area contributed by atoms with Crippen molar-refractivity contribution in [3.63, 3.8) is 0 Å². The summed E-state index contributed by atoms with van der Waals surface area (Å²) in [5.74, 6) is 0.971. The standard InChI is InChI=1S/C13H18BrN3S/c1-3-17-13(2,10-15)7-5-9-18-12-11(14)6-4-8-16-12/h4,6,8,17H,3,5,7,9H2,1-2H3. The predicted molar refractivity (Wildman–Crippen MR) is 79.6 cm³/mol. The van der Waals surface area contributed by atoms with Crippen molar-refractivity contribution in [2.75, 3.05) is 12.3 Å². The molecule has 0 saturated carbocycles. The van der Waals surface area contributed by atoms with Gasteiger partial charge in [0, 0.05) is 10.7 Å². The van der Waals surface area contributed by atoms with Gasteiger partial charge in [-0.25, -0.2) is 4.98 Å². The largest absolute Gasteiger partial charge is 0.300 e. The fraction of sp³-hybridized carbons (Fsp3) is 0.538. The molecule has 18 heavy (non-hydrogen) atoms. The molecule has 0 spiro atoms. The molecule has 0 aliphatic rings. The van der Waals surface area contributed by atoms with Crippen molar-refractivity contribution in [2.45, 2.75) is 37.3 Å². The number of hydrogen-bond donors (Lipinski definition) is 1. The van der Waals surface area contributed by atoms with Crippen molar-refractivity contribution in [3.05, 3.63) is 22.8 Å². The maximum Gasteiger partial charge on any atom is 0.110 e. The van der Waals surface area contributed by atoms with Crippen molar-refractivity contribution < 1.29 is 0 Å². The number of thioether (sulfide) groups is 1. The van der Waals surface area contributed by atoms with Gasteiger partial charge in [0.2, 0.25) is 0 Å². The number of halogens is 1. The third-order valence-corrected chi connectivity index (χ3v) is 4.59. The summed E-state index contributed by atoms with van der Waals surface area (Å²) in [5, 5.41) is 13.4. The molecule has 98 valence electrons. The molecule has 0 bridgehead atoms. The molecule has 0 aromatic carbocycles. The number of aromatic nitrogens is 1. The molecule has 0 saturated heterocycles. The Bertz CT molecular complexity index is 419. The van der Waals surface area contributed by atoms with Crippen LogP contribution in [0.4, 0.5) is 0 Å². The zero-order valence-corrected chi connectivity index (χ0v) is 13.1. The fourth-order valence-corrected chi connectivity index (χ4v) is 3.07.